The van der Waals surface area contributed by atoms with Crippen molar-refractivity contribution in [1.82, 2.24) is 15.3 Å². The molecule has 0 bridgehead atoms. The number of thioether (sulfide) groups is 1. The molecule has 2 aromatic rings. The van der Waals surface area contributed by atoms with Gasteiger partial charge < -0.3 is 25.3 Å². The molecule has 4 N–H and O–H groups in total. The Kier molecular flexibility index (Phi) is 6.99. The minimum absolute atomic E-state index is 0.0789. The van der Waals surface area contributed by atoms with Gasteiger partial charge in [0.25, 0.3) is 5.56 Å². The molecule has 0 aliphatic heterocycles. The lowest BCUT2D eigenvalue weighted by molar-refractivity contribution is 0.0173. The van der Waals surface area contributed by atoms with Gasteiger partial charge in [-0.3, -0.25) is 4.79 Å². The summed E-state index contributed by atoms with van der Waals surface area (Å²) in [6.07, 6.45) is -0.658. The molecule has 0 radical (unpaired) electrons. The molecule has 0 saturated carbocycles. The number of aromatic amines is 1. The van der Waals surface area contributed by atoms with Gasteiger partial charge in [-0.15, -0.1) is 0 Å². The van der Waals surface area contributed by atoms with E-state index in [-0.39, 0.29) is 18.7 Å². The van der Waals surface area contributed by atoms with Crippen LogP contribution in [0.1, 0.15) is 17.2 Å². The summed E-state index contributed by atoms with van der Waals surface area (Å²) >= 11 is 1.25. The van der Waals surface area contributed by atoms with E-state index < -0.39 is 23.9 Å². The molecule has 0 aliphatic carbocycles. The molecule has 9 heteroatoms. The van der Waals surface area contributed by atoms with Crippen LogP contribution in [0, 0.1) is 0 Å². The van der Waals surface area contributed by atoms with Gasteiger partial charge in [-0.25, -0.2) is 9.78 Å². The minimum atomic E-state index is -1.48. The first kappa shape index (κ1) is 19.0. The Hall–Kier alpha value is -2.36. The number of carbonyl (C=O) groups excluding carboxylic acids is 1. The number of hydrogen-bond acceptors (Lipinski definition) is 7. The number of aromatic nitrogens is 2. The van der Waals surface area contributed by atoms with E-state index in [2.05, 4.69) is 15.3 Å². The van der Waals surface area contributed by atoms with Crippen LogP contribution in [0.4, 0.5) is 4.79 Å². The second kappa shape index (κ2) is 9.21. The Morgan fingerprint density at radius 3 is 2.72 bits per heavy atom. The normalized spacial score (nSPS) is 13.1. The molecule has 134 valence electrons. The monoisotopic (exact) mass is 365 g/mol. The highest BCUT2D eigenvalue weighted by Crippen LogP contribution is 2.13. The quantitative estimate of drug-likeness (QED) is 0.423. The summed E-state index contributed by atoms with van der Waals surface area (Å²) in [5.74, 6) is 0. The van der Waals surface area contributed by atoms with Gasteiger partial charge >= 0.3 is 6.09 Å². The standard InChI is InChI=1S/C16H19N3O5S/c1-25-15-17-7-11(14(22)19-15)13(21)12(20)8-18-16(23)24-9-10-5-3-2-4-6-10/h2-7,12-13,20-21H,8-9H2,1H3,(H,18,23)(H,17,19,22). The van der Waals surface area contributed by atoms with Crippen molar-refractivity contribution in [2.45, 2.75) is 24.0 Å². The van der Waals surface area contributed by atoms with E-state index in [1.54, 1.807) is 6.26 Å². The number of H-pyrrole nitrogens is 1. The molecular weight excluding hydrogens is 346 g/mol. The van der Waals surface area contributed by atoms with Gasteiger partial charge in [-0.1, -0.05) is 42.1 Å². The number of benzene rings is 1. The smallest absolute Gasteiger partial charge is 0.407 e. The fraction of sp³-hybridized carbons (Fsp3) is 0.312. The van der Waals surface area contributed by atoms with Crippen LogP contribution in [0.5, 0.6) is 0 Å². The second-order valence-corrected chi connectivity index (χ2v) is 5.93. The average Bonchev–Trinajstić information content (AvgIpc) is 2.64. The Morgan fingerprint density at radius 2 is 2.08 bits per heavy atom. The Bertz CT molecular complexity index is 753. The third-order valence-electron chi connectivity index (χ3n) is 3.35. The predicted octanol–water partition coefficient (Wildman–Crippen LogP) is 0.812. The zero-order valence-electron chi connectivity index (χ0n) is 13.5. The molecule has 0 fully saturated rings. The summed E-state index contributed by atoms with van der Waals surface area (Å²) in [6.45, 7) is -0.191. The van der Waals surface area contributed by atoms with E-state index in [1.807, 2.05) is 30.3 Å². The van der Waals surface area contributed by atoms with E-state index in [9.17, 15) is 19.8 Å². The van der Waals surface area contributed by atoms with Gasteiger partial charge in [0.1, 0.15) is 18.8 Å². The van der Waals surface area contributed by atoms with Crippen LogP contribution in [-0.2, 0) is 11.3 Å². The number of rotatable bonds is 7. The van der Waals surface area contributed by atoms with Gasteiger partial charge in [0, 0.05) is 12.7 Å². The maximum atomic E-state index is 11.9. The van der Waals surface area contributed by atoms with Crippen LogP contribution in [0.2, 0.25) is 0 Å². The van der Waals surface area contributed by atoms with Crippen molar-refractivity contribution in [2.75, 3.05) is 12.8 Å². The summed E-state index contributed by atoms with van der Waals surface area (Å²) in [5.41, 5.74) is 0.201. The topological polar surface area (TPSA) is 125 Å². The number of amides is 1. The van der Waals surface area contributed by atoms with Crippen molar-refractivity contribution in [3.63, 3.8) is 0 Å². The van der Waals surface area contributed by atoms with Crippen LogP contribution in [0.25, 0.3) is 0 Å². The van der Waals surface area contributed by atoms with Crippen molar-refractivity contribution >= 4 is 17.9 Å². The number of alkyl carbamates (subject to hydrolysis) is 1. The third kappa shape index (κ3) is 5.59. The fourth-order valence-electron chi connectivity index (χ4n) is 1.98. The van der Waals surface area contributed by atoms with Crippen molar-refractivity contribution in [1.29, 1.82) is 0 Å². The number of ether oxygens (including phenoxy) is 1. The highest BCUT2D eigenvalue weighted by molar-refractivity contribution is 7.98. The molecule has 0 saturated heterocycles. The highest BCUT2D eigenvalue weighted by Gasteiger charge is 2.22. The van der Waals surface area contributed by atoms with Crippen molar-refractivity contribution < 1.29 is 19.7 Å². The summed E-state index contributed by atoms with van der Waals surface area (Å²) in [5, 5.41) is 22.7. The number of nitrogens with zero attached hydrogens (tertiary/aromatic N) is 1. The zero-order chi connectivity index (χ0) is 18.2. The van der Waals surface area contributed by atoms with Gasteiger partial charge in [0.15, 0.2) is 5.16 Å². The zero-order valence-corrected chi connectivity index (χ0v) is 14.3. The first-order valence-corrected chi connectivity index (χ1v) is 8.67. The summed E-state index contributed by atoms with van der Waals surface area (Å²) in [4.78, 5) is 29.9. The van der Waals surface area contributed by atoms with E-state index >= 15 is 0 Å². The molecule has 1 aromatic carbocycles. The van der Waals surface area contributed by atoms with Crippen molar-refractivity contribution in [3.05, 3.63) is 58.0 Å². The molecule has 2 atom stereocenters. The SMILES string of the molecule is CSc1ncc(C(O)C(O)CNC(=O)OCc2ccccc2)c(=O)[nH]1. The number of aliphatic hydroxyl groups is 2. The van der Waals surface area contributed by atoms with E-state index in [0.717, 1.165) is 5.56 Å². The first-order valence-electron chi connectivity index (χ1n) is 7.45. The van der Waals surface area contributed by atoms with Crippen LogP contribution >= 0.6 is 11.8 Å². The molecule has 0 spiro atoms. The molecule has 1 amide bonds. The summed E-state index contributed by atoms with van der Waals surface area (Å²) in [6, 6.07) is 9.12. The maximum absolute atomic E-state index is 11.9. The van der Waals surface area contributed by atoms with Crippen LogP contribution < -0.4 is 10.9 Å². The molecule has 2 rings (SSSR count). The lowest BCUT2D eigenvalue weighted by Crippen LogP contribution is -2.37. The van der Waals surface area contributed by atoms with E-state index in [4.69, 9.17) is 4.74 Å². The fourth-order valence-corrected chi connectivity index (χ4v) is 2.34. The third-order valence-corrected chi connectivity index (χ3v) is 3.94. The van der Waals surface area contributed by atoms with Crippen LogP contribution in [0.3, 0.4) is 0 Å². The minimum Gasteiger partial charge on any atom is -0.445 e. The van der Waals surface area contributed by atoms with Gasteiger partial charge in [0.2, 0.25) is 0 Å². The maximum Gasteiger partial charge on any atom is 0.407 e. The lowest BCUT2D eigenvalue weighted by Gasteiger charge is -2.17. The van der Waals surface area contributed by atoms with Gasteiger partial charge in [-0.05, 0) is 11.8 Å². The molecule has 1 aromatic heterocycles. The first-order chi connectivity index (χ1) is 12.0. The molecule has 8 nitrogen and oxygen atoms in total. The Morgan fingerprint density at radius 1 is 1.36 bits per heavy atom. The second-order valence-electron chi connectivity index (χ2n) is 5.13. The average molecular weight is 365 g/mol. The number of hydrogen-bond donors (Lipinski definition) is 4. The Labute approximate surface area is 148 Å². The van der Waals surface area contributed by atoms with Crippen molar-refractivity contribution in [2.24, 2.45) is 0 Å². The molecule has 0 aliphatic rings. The van der Waals surface area contributed by atoms with E-state index in [1.165, 1.54) is 18.0 Å². The molecule has 25 heavy (non-hydrogen) atoms. The Balaban J connectivity index is 1.83. The van der Waals surface area contributed by atoms with E-state index in [0.29, 0.717) is 5.16 Å². The highest BCUT2D eigenvalue weighted by atomic mass is 32.2. The number of carbonyl (C=O) groups is 1. The summed E-state index contributed by atoms with van der Waals surface area (Å²) < 4.78 is 4.99. The number of nitrogens with one attached hydrogen (secondary N) is 2. The van der Waals surface area contributed by atoms with Gasteiger partial charge in [-0.2, -0.15) is 0 Å². The lowest BCUT2D eigenvalue weighted by atomic mass is 10.1. The van der Waals surface area contributed by atoms with Crippen LogP contribution in [0.15, 0.2) is 46.5 Å². The molecule has 2 unspecified atom stereocenters. The number of aliphatic hydroxyl groups excluding tert-OH is 2. The van der Waals surface area contributed by atoms with Crippen molar-refractivity contribution in [3.8, 4) is 0 Å². The van der Waals surface area contributed by atoms with Gasteiger partial charge in [0.05, 0.1) is 5.56 Å². The molecular formula is C16H19N3O5S. The molecule has 1 heterocycles. The summed E-state index contributed by atoms with van der Waals surface area (Å²) in [7, 11) is 0. The predicted molar refractivity (Wildman–Crippen MR) is 92.2 cm³/mol. The van der Waals surface area contributed by atoms with Crippen LogP contribution in [-0.4, -0.2) is 45.2 Å². The largest absolute Gasteiger partial charge is 0.445 e.